The fraction of sp³-hybridized carbons (Fsp3) is 0.222. The smallest absolute Gasteiger partial charge is 0.255 e. The fourth-order valence-corrected chi connectivity index (χ4v) is 2.55. The highest BCUT2D eigenvalue weighted by atomic mass is 35.5. The first-order valence-electron chi connectivity index (χ1n) is 7.88. The molecule has 0 spiro atoms. The van der Waals surface area contributed by atoms with Crippen LogP contribution in [0.3, 0.4) is 0 Å². The summed E-state index contributed by atoms with van der Waals surface area (Å²) in [7, 11) is 0. The second-order valence-corrected chi connectivity index (χ2v) is 6.40. The summed E-state index contributed by atoms with van der Waals surface area (Å²) in [6, 6.07) is 5.68. The molecule has 0 fully saturated rings. The number of rotatable bonds is 4. The van der Waals surface area contributed by atoms with E-state index in [2.05, 4.69) is 20.4 Å². The molecule has 1 N–H and O–H groups in total. The minimum absolute atomic E-state index is 0.209. The lowest BCUT2D eigenvalue weighted by atomic mass is 10.0. The van der Waals surface area contributed by atoms with Crippen molar-refractivity contribution >= 4 is 23.2 Å². The molecule has 2 heterocycles. The zero-order chi connectivity index (χ0) is 18.0. The number of carbonyl (C=O) groups excluding carboxylic acids is 1. The Morgan fingerprint density at radius 2 is 2.04 bits per heavy atom. The van der Waals surface area contributed by atoms with E-state index < -0.39 is 0 Å². The van der Waals surface area contributed by atoms with Gasteiger partial charge in [-0.1, -0.05) is 17.7 Å². The Bertz CT molecular complexity index is 919. The molecule has 25 heavy (non-hydrogen) atoms. The van der Waals surface area contributed by atoms with E-state index in [1.807, 2.05) is 26.8 Å². The van der Waals surface area contributed by atoms with E-state index in [1.165, 1.54) is 6.20 Å². The molecular formula is C18H18ClN5O. The zero-order valence-corrected chi connectivity index (χ0v) is 14.9. The van der Waals surface area contributed by atoms with Crippen LogP contribution in [0.5, 0.6) is 0 Å². The van der Waals surface area contributed by atoms with Gasteiger partial charge >= 0.3 is 0 Å². The van der Waals surface area contributed by atoms with Crippen LogP contribution in [0.25, 0.3) is 11.3 Å². The Morgan fingerprint density at radius 1 is 1.24 bits per heavy atom. The van der Waals surface area contributed by atoms with Gasteiger partial charge in [0.1, 0.15) is 5.15 Å². The third-order valence-corrected chi connectivity index (χ3v) is 3.95. The number of amides is 1. The normalized spacial score (nSPS) is 10.9. The average Bonchev–Trinajstić information content (AvgIpc) is 3.04. The van der Waals surface area contributed by atoms with Gasteiger partial charge in [-0.15, -0.1) is 0 Å². The van der Waals surface area contributed by atoms with Crippen LogP contribution in [0.1, 0.15) is 35.8 Å². The topological polar surface area (TPSA) is 72.7 Å². The van der Waals surface area contributed by atoms with Crippen LogP contribution in [0, 0.1) is 6.92 Å². The van der Waals surface area contributed by atoms with E-state index >= 15 is 0 Å². The fourth-order valence-electron chi connectivity index (χ4n) is 2.40. The first kappa shape index (κ1) is 17.1. The number of hydrogen-bond acceptors (Lipinski definition) is 4. The summed E-state index contributed by atoms with van der Waals surface area (Å²) in [5.74, 6) is -0.209. The Balaban J connectivity index is 1.87. The predicted octanol–water partition coefficient (Wildman–Crippen LogP) is 4.14. The van der Waals surface area contributed by atoms with E-state index in [0.717, 1.165) is 11.1 Å². The van der Waals surface area contributed by atoms with Gasteiger partial charge in [0.05, 0.1) is 30.0 Å². The van der Waals surface area contributed by atoms with Crippen molar-refractivity contribution in [3.05, 3.63) is 59.3 Å². The van der Waals surface area contributed by atoms with Crippen LogP contribution in [0.15, 0.2) is 43.0 Å². The predicted molar refractivity (Wildman–Crippen MR) is 97.8 cm³/mol. The third kappa shape index (κ3) is 3.85. The van der Waals surface area contributed by atoms with Gasteiger partial charge in [0.25, 0.3) is 5.91 Å². The first-order chi connectivity index (χ1) is 11.9. The largest absolute Gasteiger partial charge is 0.319 e. The average molecular weight is 356 g/mol. The van der Waals surface area contributed by atoms with Gasteiger partial charge < -0.3 is 5.32 Å². The second kappa shape index (κ2) is 7.03. The van der Waals surface area contributed by atoms with Crippen molar-refractivity contribution in [2.45, 2.75) is 26.8 Å². The van der Waals surface area contributed by atoms with Gasteiger partial charge in [0, 0.05) is 23.4 Å². The highest BCUT2D eigenvalue weighted by Crippen LogP contribution is 2.24. The zero-order valence-electron chi connectivity index (χ0n) is 14.2. The summed E-state index contributed by atoms with van der Waals surface area (Å²) in [4.78, 5) is 20.9. The number of halogens is 1. The van der Waals surface area contributed by atoms with Gasteiger partial charge in [-0.2, -0.15) is 5.10 Å². The highest BCUT2D eigenvalue weighted by Gasteiger charge is 2.12. The molecule has 128 valence electrons. The summed E-state index contributed by atoms with van der Waals surface area (Å²) in [5, 5.41) is 7.39. The molecule has 1 aromatic carbocycles. The van der Waals surface area contributed by atoms with Crippen molar-refractivity contribution in [2.24, 2.45) is 0 Å². The van der Waals surface area contributed by atoms with E-state index in [1.54, 1.807) is 35.4 Å². The molecule has 3 aromatic rings. The van der Waals surface area contributed by atoms with Gasteiger partial charge in [0.2, 0.25) is 0 Å². The summed E-state index contributed by atoms with van der Waals surface area (Å²) >= 11 is 5.92. The Hall–Kier alpha value is -2.73. The summed E-state index contributed by atoms with van der Waals surface area (Å²) in [6.45, 7) is 6.00. The van der Waals surface area contributed by atoms with Gasteiger partial charge in [-0.05, 0) is 38.5 Å². The number of carbonyl (C=O) groups is 1. The SMILES string of the molecule is Cc1ccc(C(=O)Nc2cnn(C(C)C)c2)cc1-c1cncc(Cl)n1. The van der Waals surface area contributed by atoms with Crippen molar-refractivity contribution in [2.75, 3.05) is 5.32 Å². The van der Waals surface area contributed by atoms with Crippen molar-refractivity contribution in [3.63, 3.8) is 0 Å². The molecule has 3 rings (SSSR count). The Kier molecular flexibility index (Phi) is 4.81. The quantitative estimate of drug-likeness (QED) is 0.763. The number of benzene rings is 1. The Morgan fingerprint density at radius 3 is 2.72 bits per heavy atom. The molecule has 0 bridgehead atoms. The van der Waals surface area contributed by atoms with Gasteiger partial charge in [-0.3, -0.25) is 14.5 Å². The van der Waals surface area contributed by atoms with Gasteiger partial charge in [0.15, 0.2) is 0 Å². The molecule has 6 nitrogen and oxygen atoms in total. The van der Waals surface area contributed by atoms with Crippen LogP contribution in [0.4, 0.5) is 5.69 Å². The number of aryl methyl sites for hydroxylation is 1. The monoisotopic (exact) mass is 355 g/mol. The maximum Gasteiger partial charge on any atom is 0.255 e. The maximum absolute atomic E-state index is 12.5. The van der Waals surface area contributed by atoms with Crippen LogP contribution in [0.2, 0.25) is 5.15 Å². The molecule has 7 heteroatoms. The molecule has 0 aliphatic carbocycles. The molecule has 0 saturated heterocycles. The number of nitrogens with zero attached hydrogens (tertiary/aromatic N) is 4. The number of anilines is 1. The van der Waals surface area contributed by atoms with Crippen molar-refractivity contribution in [3.8, 4) is 11.3 Å². The lowest BCUT2D eigenvalue weighted by Gasteiger charge is -2.09. The van der Waals surface area contributed by atoms with E-state index in [0.29, 0.717) is 22.1 Å². The summed E-state index contributed by atoms with van der Waals surface area (Å²) in [6.07, 6.45) is 6.54. The van der Waals surface area contributed by atoms with E-state index in [4.69, 9.17) is 11.6 Å². The standard InChI is InChI=1S/C18H18ClN5O/c1-11(2)24-10-14(7-21-24)22-18(25)13-5-4-12(3)15(6-13)16-8-20-9-17(19)23-16/h4-11H,1-3H3,(H,22,25). The molecule has 0 aliphatic heterocycles. The van der Waals surface area contributed by atoms with Crippen LogP contribution in [-0.2, 0) is 0 Å². The third-order valence-electron chi connectivity index (χ3n) is 3.77. The number of aromatic nitrogens is 4. The maximum atomic E-state index is 12.5. The van der Waals surface area contributed by atoms with E-state index in [-0.39, 0.29) is 11.9 Å². The molecule has 0 saturated carbocycles. The number of nitrogens with one attached hydrogen (secondary N) is 1. The molecule has 0 atom stereocenters. The molecule has 2 aromatic heterocycles. The first-order valence-corrected chi connectivity index (χ1v) is 8.26. The van der Waals surface area contributed by atoms with Gasteiger partial charge in [-0.25, -0.2) is 4.98 Å². The Labute approximate surface area is 150 Å². The molecule has 0 radical (unpaired) electrons. The van der Waals surface area contributed by atoms with Crippen molar-refractivity contribution in [1.82, 2.24) is 19.7 Å². The lowest BCUT2D eigenvalue weighted by molar-refractivity contribution is 0.102. The van der Waals surface area contributed by atoms with Crippen LogP contribution >= 0.6 is 11.6 Å². The second-order valence-electron chi connectivity index (χ2n) is 6.01. The minimum Gasteiger partial charge on any atom is -0.319 e. The minimum atomic E-state index is -0.209. The van der Waals surface area contributed by atoms with Crippen molar-refractivity contribution in [1.29, 1.82) is 0 Å². The summed E-state index contributed by atoms with van der Waals surface area (Å²) < 4.78 is 1.79. The van der Waals surface area contributed by atoms with Crippen molar-refractivity contribution < 1.29 is 4.79 Å². The van der Waals surface area contributed by atoms with Crippen LogP contribution < -0.4 is 5.32 Å². The molecule has 0 aliphatic rings. The van der Waals surface area contributed by atoms with E-state index in [9.17, 15) is 4.79 Å². The van der Waals surface area contributed by atoms with Crippen LogP contribution in [-0.4, -0.2) is 25.7 Å². The molecule has 0 unspecified atom stereocenters. The number of hydrogen-bond donors (Lipinski definition) is 1. The summed E-state index contributed by atoms with van der Waals surface area (Å²) in [5.41, 5.74) is 3.62. The lowest BCUT2D eigenvalue weighted by Crippen LogP contribution is -2.12. The molecule has 1 amide bonds. The highest BCUT2D eigenvalue weighted by molar-refractivity contribution is 6.29. The molecular weight excluding hydrogens is 338 g/mol.